The van der Waals surface area contributed by atoms with Crippen LogP contribution in [0.1, 0.15) is 40.4 Å². The van der Waals surface area contributed by atoms with Gasteiger partial charge >= 0.3 is 0 Å². The van der Waals surface area contributed by atoms with Gasteiger partial charge in [-0.25, -0.2) is 0 Å². The second-order valence-corrected chi connectivity index (χ2v) is 6.34. The Balaban J connectivity index is 1.54. The van der Waals surface area contributed by atoms with E-state index in [1.807, 2.05) is 6.07 Å². The normalized spacial score (nSPS) is 18.2. The standard InChI is InChI=1S/C20H21NO4/c1-23-15-6-7-16-13(11-15)3-2-4-17(16)21-20(22)14-5-8-18-19(12-14)25-10-9-24-18/h5-8,11-12,17H,2-4,9-10H2,1H3,(H,21,22). The van der Waals surface area contributed by atoms with Crippen LogP contribution in [-0.4, -0.2) is 26.2 Å². The minimum absolute atomic E-state index is 0.0235. The van der Waals surface area contributed by atoms with Gasteiger partial charge < -0.3 is 19.5 Å². The Bertz CT molecular complexity index is 802. The molecule has 1 amide bonds. The fourth-order valence-corrected chi connectivity index (χ4v) is 3.49. The first-order valence-electron chi connectivity index (χ1n) is 8.62. The highest BCUT2D eigenvalue weighted by Gasteiger charge is 2.23. The summed E-state index contributed by atoms with van der Waals surface area (Å²) in [4.78, 5) is 12.7. The van der Waals surface area contributed by atoms with E-state index >= 15 is 0 Å². The van der Waals surface area contributed by atoms with E-state index in [9.17, 15) is 4.79 Å². The highest BCUT2D eigenvalue weighted by molar-refractivity contribution is 5.95. The smallest absolute Gasteiger partial charge is 0.251 e. The number of ether oxygens (including phenoxy) is 3. The van der Waals surface area contributed by atoms with Crippen LogP contribution in [0.4, 0.5) is 0 Å². The molecule has 0 aromatic heterocycles. The van der Waals surface area contributed by atoms with Crippen molar-refractivity contribution in [3.8, 4) is 17.2 Å². The zero-order valence-corrected chi connectivity index (χ0v) is 14.2. The van der Waals surface area contributed by atoms with E-state index in [4.69, 9.17) is 14.2 Å². The third kappa shape index (κ3) is 3.14. The van der Waals surface area contributed by atoms with Gasteiger partial charge in [0.05, 0.1) is 13.2 Å². The zero-order chi connectivity index (χ0) is 17.2. The van der Waals surface area contributed by atoms with E-state index in [0.717, 1.165) is 25.0 Å². The van der Waals surface area contributed by atoms with Gasteiger partial charge in [0, 0.05) is 5.56 Å². The molecule has 130 valence electrons. The first-order chi connectivity index (χ1) is 12.2. The van der Waals surface area contributed by atoms with Crippen molar-refractivity contribution in [3.05, 3.63) is 53.1 Å². The molecule has 5 heteroatoms. The predicted molar refractivity (Wildman–Crippen MR) is 93.6 cm³/mol. The molecule has 1 aliphatic heterocycles. The van der Waals surface area contributed by atoms with Crippen molar-refractivity contribution < 1.29 is 19.0 Å². The van der Waals surface area contributed by atoms with Gasteiger partial charge in [-0.1, -0.05) is 6.07 Å². The predicted octanol–water partition coefficient (Wildman–Crippen LogP) is 3.27. The molecule has 0 bridgehead atoms. The van der Waals surface area contributed by atoms with Gasteiger partial charge in [-0.2, -0.15) is 0 Å². The topological polar surface area (TPSA) is 56.8 Å². The maximum atomic E-state index is 12.7. The molecule has 0 saturated carbocycles. The quantitative estimate of drug-likeness (QED) is 0.932. The van der Waals surface area contributed by atoms with Crippen molar-refractivity contribution in [3.63, 3.8) is 0 Å². The monoisotopic (exact) mass is 339 g/mol. The average Bonchev–Trinajstić information content (AvgIpc) is 2.67. The van der Waals surface area contributed by atoms with Crippen molar-refractivity contribution in [2.45, 2.75) is 25.3 Å². The van der Waals surface area contributed by atoms with E-state index < -0.39 is 0 Å². The van der Waals surface area contributed by atoms with E-state index in [0.29, 0.717) is 30.3 Å². The number of nitrogens with one attached hydrogen (secondary N) is 1. The maximum absolute atomic E-state index is 12.7. The largest absolute Gasteiger partial charge is 0.497 e. The van der Waals surface area contributed by atoms with E-state index in [2.05, 4.69) is 17.4 Å². The number of fused-ring (bicyclic) bond motifs is 2. The van der Waals surface area contributed by atoms with Crippen LogP contribution in [0.15, 0.2) is 36.4 Å². The summed E-state index contributed by atoms with van der Waals surface area (Å²) in [6, 6.07) is 11.4. The molecule has 0 fully saturated rings. The second kappa shape index (κ2) is 6.67. The minimum atomic E-state index is -0.0920. The van der Waals surface area contributed by atoms with Crippen LogP contribution < -0.4 is 19.5 Å². The summed E-state index contributed by atoms with van der Waals surface area (Å²) in [6.45, 7) is 1.05. The lowest BCUT2D eigenvalue weighted by molar-refractivity contribution is 0.0931. The summed E-state index contributed by atoms with van der Waals surface area (Å²) in [6.07, 6.45) is 3.00. The van der Waals surface area contributed by atoms with Crippen molar-refractivity contribution in [2.24, 2.45) is 0 Å². The fraction of sp³-hybridized carbons (Fsp3) is 0.350. The molecule has 0 saturated heterocycles. The molecule has 25 heavy (non-hydrogen) atoms. The highest BCUT2D eigenvalue weighted by atomic mass is 16.6. The van der Waals surface area contributed by atoms with Crippen LogP contribution in [0.2, 0.25) is 0 Å². The molecule has 4 rings (SSSR count). The molecule has 1 heterocycles. The molecule has 0 radical (unpaired) electrons. The Hall–Kier alpha value is -2.69. The summed E-state index contributed by atoms with van der Waals surface area (Å²) < 4.78 is 16.4. The molecule has 1 atom stereocenters. The number of benzene rings is 2. The lowest BCUT2D eigenvalue weighted by atomic mass is 9.87. The Labute approximate surface area is 146 Å². The van der Waals surface area contributed by atoms with Crippen LogP contribution in [0.5, 0.6) is 17.2 Å². The molecule has 0 spiro atoms. The highest BCUT2D eigenvalue weighted by Crippen LogP contribution is 2.34. The Morgan fingerprint density at radius 2 is 1.96 bits per heavy atom. The number of aryl methyl sites for hydroxylation is 1. The maximum Gasteiger partial charge on any atom is 0.251 e. The van der Waals surface area contributed by atoms with Gasteiger partial charge in [0.25, 0.3) is 5.91 Å². The molecule has 1 unspecified atom stereocenters. The third-order valence-electron chi connectivity index (χ3n) is 4.77. The summed E-state index contributed by atoms with van der Waals surface area (Å²) in [7, 11) is 1.67. The average molecular weight is 339 g/mol. The molecule has 2 aromatic carbocycles. The first kappa shape index (κ1) is 15.8. The summed E-state index contributed by atoms with van der Waals surface area (Å²) in [5.41, 5.74) is 3.01. The van der Waals surface area contributed by atoms with E-state index in [1.165, 1.54) is 11.1 Å². The number of carbonyl (C=O) groups is 1. The van der Waals surface area contributed by atoms with Crippen molar-refractivity contribution in [1.29, 1.82) is 0 Å². The zero-order valence-electron chi connectivity index (χ0n) is 14.2. The van der Waals surface area contributed by atoms with Gasteiger partial charge in [0.15, 0.2) is 11.5 Å². The number of hydrogen-bond acceptors (Lipinski definition) is 4. The molecular formula is C20H21NO4. The van der Waals surface area contributed by atoms with E-state index in [1.54, 1.807) is 25.3 Å². The molecule has 1 aliphatic carbocycles. The van der Waals surface area contributed by atoms with Crippen LogP contribution in [0.25, 0.3) is 0 Å². The second-order valence-electron chi connectivity index (χ2n) is 6.34. The summed E-state index contributed by atoms with van der Waals surface area (Å²) in [5, 5.41) is 3.16. The van der Waals surface area contributed by atoms with Crippen molar-refractivity contribution >= 4 is 5.91 Å². The number of carbonyl (C=O) groups excluding carboxylic acids is 1. The lowest BCUT2D eigenvalue weighted by Crippen LogP contribution is -2.31. The van der Waals surface area contributed by atoms with Gasteiger partial charge in [-0.05, 0) is 60.7 Å². The first-order valence-corrected chi connectivity index (χ1v) is 8.62. The Morgan fingerprint density at radius 3 is 2.80 bits per heavy atom. The fourth-order valence-electron chi connectivity index (χ4n) is 3.49. The van der Waals surface area contributed by atoms with Crippen LogP contribution >= 0.6 is 0 Å². The molecule has 2 aromatic rings. The van der Waals surface area contributed by atoms with Crippen LogP contribution in [0, 0.1) is 0 Å². The Morgan fingerprint density at radius 1 is 1.12 bits per heavy atom. The summed E-state index contributed by atoms with van der Waals surface area (Å²) >= 11 is 0. The minimum Gasteiger partial charge on any atom is -0.497 e. The van der Waals surface area contributed by atoms with E-state index in [-0.39, 0.29) is 11.9 Å². The molecule has 5 nitrogen and oxygen atoms in total. The van der Waals surface area contributed by atoms with Crippen LogP contribution in [-0.2, 0) is 6.42 Å². The molecule has 2 aliphatic rings. The van der Waals surface area contributed by atoms with Gasteiger partial charge in [-0.3, -0.25) is 4.79 Å². The molecular weight excluding hydrogens is 318 g/mol. The van der Waals surface area contributed by atoms with Crippen molar-refractivity contribution in [2.75, 3.05) is 20.3 Å². The summed E-state index contributed by atoms with van der Waals surface area (Å²) in [5.74, 6) is 2.09. The third-order valence-corrected chi connectivity index (χ3v) is 4.77. The number of methoxy groups -OCH3 is 1. The SMILES string of the molecule is COc1ccc2c(c1)CCCC2NC(=O)c1ccc2c(c1)OCCO2. The number of amides is 1. The van der Waals surface area contributed by atoms with Crippen LogP contribution in [0.3, 0.4) is 0 Å². The molecule has 1 N–H and O–H groups in total. The number of rotatable bonds is 3. The van der Waals surface area contributed by atoms with Crippen molar-refractivity contribution in [1.82, 2.24) is 5.32 Å². The Kier molecular flexibility index (Phi) is 4.22. The number of hydrogen-bond donors (Lipinski definition) is 1. The lowest BCUT2D eigenvalue weighted by Gasteiger charge is -2.27. The van der Waals surface area contributed by atoms with Gasteiger partial charge in [0.2, 0.25) is 0 Å². The van der Waals surface area contributed by atoms with Gasteiger partial charge in [0.1, 0.15) is 19.0 Å². The van der Waals surface area contributed by atoms with Gasteiger partial charge in [-0.15, -0.1) is 0 Å².